The molecule has 2 unspecified atom stereocenters. The summed E-state index contributed by atoms with van der Waals surface area (Å²) in [5.41, 5.74) is 6.54. The average Bonchev–Trinajstić information content (AvgIpc) is 2.69. The average molecular weight is 252 g/mol. The molecule has 1 heterocycles. The zero-order valence-electron chi connectivity index (χ0n) is 10.0. The molecule has 2 rings (SSSR count). The van der Waals surface area contributed by atoms with Crippen molar-refractivity contribution in [1.82, 2.24) is 4.90 Å². The number of hydrogen-bond acceptors (Lipinski definition) is 5. The molecule has 0 aliphatic carbocycles. The number of methoxy groups -OCH3 is 1. The molecular formula is C12H16N2O4. The highest BCUT2D eigenvalue weighted by molar-refractivity contribution is 5.95. The van der Waals surface area contributed by atoms with Gasteiger partial charge in [0.25, 0.3) is 5.91 Å². The summed E-state index contributed by atoms with van der Waals surface area (Å²) in [6, 6.07) is 4.74. The number of carbonyl (C=O) groups excluding carboxylic acids is 1. The Bertz CT molecular complexity index is 453. The Morgan fingerprint density at radius 3 is 2.56 bits per heavy atom. The molecule has 1 aromatic carbocycles. The van der Waals surface area contributed by atoms with E-state index >= 15 is 0 Å². The molecule has 98 valence electrons. The smallest absolute Gasteiger partial charge is 0.254 e. The standard InChI is InChI=1S/C12H16N2O4/c1-18-11-4-7(2-3-8(11)13)12(17)14-5-9(15)10(16)6-14/h2-4,9-10,15-16H,5-6,13H2,1H3. The number of ether oxygens (including phenoxy) is 1. The molecule has 0 spiro atoms. The fourth-order valence-corrected chi connectivity index (χ4v) is 1.96. The quantitative estimate of drug-likeness (QED) is 0.614. The van der Waals surface area contributed by atoms with Crippen molar-refractivity contribution < 1.29 is 19.7 Å². The van der Waals surface area contributed by atoms with E-state index < -0.39 is 12.2 Å². The Balaban J connectivity index is 2.19. The number of aliphatic hydroxyl groups excluding tert-OH is 2. The summed E-state index contributed by atoms with van der Waals surface area (Å²) >= 11 is 0. The number of carbonyl (C=O) groups is 1. The van der Waals surface area contributed by atoms with Crippen LogP contribution < -0.4 is 10.5 Å². The molecule has 18 heavy (non-hydrogen) atoms. The molecule has 0 saturated carbocycles. The monoisotopic (exact) mass is 252 g/mol. The fourth-order valence-electron chi connectivity index (χ4n) is 1.96. The third-order valence-electron chi connectivity index (χ3n) is 3.03. The van der Waals surface area contributed by atoms with Crippen LogP contribution in [0.4, 0.5) is 5.69 Å². The van der Waals surface area contributed by atoms with Crippen LogP contribution in [0.25, 0.3) is 0 Å². The van der Waals surface area contributed by atoms with Crippen LogP contribution in [-0.2, 0) is 0 Å². The van der Waals surface area contributed by atoms with Crippen molar-refractivity contribution in [3.63, 3.8) is 0 Å². The second-order valence-electron chi connectivity index (χ2n) is 4.30. The highest BCUT2D eigenvalue weighted by Crippen LogP contribution is 2.24. The van der Waals surface area contributed by atoms with Gasteiger partial charge in [0, 0.05) is 18.7 Å². The van der Waals surface area contributed by atoms with Crippen LogP contribution in [-0.4, -0.2) is 53.4 Å². The number of amides is 1. The number of anilines is 1. The number of nitrogens with zero attached hydrogens (tertiary/aromatic N) is 1. The van der Waals surface area contributed by atoms with Gasteiger partial charge < -0.3 is 25.6 Å². The molecule has 0 bridgehead atoms. The molecular weight excluding hydrogens is 236 g/mol. The van der Waals surface area contributed by atoms with E-state index in [0.717, 1.165) is 0 Å². The third kappa shape index (κ3) is 2.25. The van der Waals surface area contributed by atoms with Gasteiger partial charge in [0.2, 0.25) is 0 Å². The van der Waals surface area contributed by atoms with Crippen molar-refractivity contribution in [3.8, 4) is 5.75 Å². The van der Waals surface area contributed by atoms with Crippen molar-refractivity contribution in [2.24, 2.45) is 0 Å². The lowest BCUT2D eigenvalue weighted by atomic mass is 10.1. The van der Waals surface area contributed by atoms with Crippen molar-refractivity contribution in [3.05, 3.63) is 23.8 Å². The zero-order valence-corrected chi connectivity index (χ0v) is 10.0. The van der Waals surface area contributed by atoms with E-state index in [0.29, 0.717) is 17.0 Å². The van der Waals surface area contributed by atoms with Crippen LogP contribution in [0, 0.1) is 0 Å². The van der Waals surface area contributed by atoms with Gasteiger partial charge in [-0.3, -0.25) is 4.79 Å². The van der Waals surface area contributed by atoms with Crippen LogP contribution in [0.15, 0.2) is 18.2 Å². The van der Waals surface area contributed by atoms with Crippen molar-refractivity contribution in [2.75, 3.05) is 25.9 Å². The fraction of sp³-hybridized carbons (Fsp3) is 0.417. The second kappa shape index (κ2) is 4.83. The largest absolute Gasteiger partial charge is 0.495 e. The number of benzene rings is 1. The summed E-state index contributed by atoms with van der Waals surface area (Å²) in [5, 5.41) is 18.8. The molecule has 1 amide bonds. The third-order valence-corrected chi connectivity index (χ3v) is 3.03. The Kier molecular flexibility index (Phi) is 3.40. The first kappa shape index (κ1) is 12.7. The minimum atomic E-state index is -0.885. The number of rotatable bonds is 2. The molecule has 2 atom stereocenters. The van der Waals surface area contributed by atoms with E-state index in [-0.39, 0.29) is 19.0 Å². The molecule has 6 nitrogen and oxygen atoms in total. The summed E-state index contributed by atoms with van der Waals surface area (Å²) < 4.78 is 5.05. The van der Waals surface area contributed by atoms with Gasteiger partial charge in [0.05, 0.1) is 25.0 Å². The molecule has 1 aliphatic rings. The van der Waals surface area contributed by atoms with E-state index in [4.69, 9.17) is 10.5 Å². The van der Waals surface area contributed by atoms with E-state index in [1.54, 1.807) is 18.2 Å². The molecule has 6 heteroatoms. The Morgan fingerprint density at radius 1 is 1.39 bits per heavy atom. The highest BCUT2D eigenvalue weighted by atomic mass is 16.5. The SMILES string of the molecule is COc1cc(C(=O)N2CC(O)C(O)C2)ccc1N. The topological polar surface area (TPSA) is 96.0 Å². The van der Waals surface area contributed by atoms with Crippen molar-refractivity contribution >= 4 is 11.6 Å². The number of nitrogen functional groups attached to an aromatic ring is 1. The maximum Gasteiger partial charge on any atom is 0.254 e. The van der Waals surface area contributed by atoms with Crippen LogP contribution in [0.2, 0.25) is 0 Å². The van der Waals surface area contributed by atoms with Crippen LogP contribution in [0.5, 0.6) is 5.75 Å². The van der Waals surface area contributed by atoms with Gasteiger partial charge in [0.1, 0.15) is 5.75 Å². The molecule has 0 radical (unpaired) electrons. The van der Waals surface area contributed by atoms with Crippen LogP contribution in [0.3, 0.4) is 0 Å². The first-order valence-electron chi connectivity index (χ1n) is 5.62. The van der Waals surface area contributed by atoms with E-state index in [1.807, 2.05) is 0 Å². The molecule has 1 fully saturated rings. The minimum Gasteiger partial charge on any atom is -0.495 e. The van der Waals surface area contributed by atoms with Gasteiger partial charge in [-0.25, -0.2) is 0 Å². The van der Waals surface area contributed by atoms with Crippen LogP contribution >= 0.6 is 0 Å². The van der Waals surface area contributed by atoms with Gasteiger partial charge in [-0.2, -0.15) is 0 Å². The lowest BCUT2D eigenvalue weighted by Crippen LogP contribution is -2.29. The summed E-state index contributed by atoms with van der Waals surface area (Å²) in [7, 11) is 1.48. The van der Waals surface area contributed by atoms with E-state index in [1.165, 1.54) is 12.0 Å². The predicted octanol–water partition coefficient (Wildman–Crippen LogP) is -0.545. The van der Waals surface area contributed by atoms with Gasteiger partial charge >= 0.3 is 0 Å². The van der Waals surface area contributed by atoms with Gasteiger partial charge in [-0.05, 0) is 18.2 Å². The van der Waals surface area contributed by atoms with Gasteiger partial charge in [0.15, 0.2) is 0 Å². The molecule has 1 saturated heterocycles. The lowest BCUT2D eigenvalue weighted by Gasteiger charge is -2.16. The number of β-amino-alcohol motifs (C(OH)–C–C–N with tert-alkyl or cyclic N) is 2. The Morgan fingerprint density at radius 2 is 2.00 bits per heavy atom. The number of aliphatic hydroxyl groups is 2. The van der Waals surface area contributed by atoms with Crippen LogP contribution in [0.1, 0.15) is 10.4 Å². The minimum absolute atomic E-state index is 0.132. The van der Waals surface area contributed by atoms with Crippen molar-refractivity contribution in [1.29, 1.82) is 0 Å². The first-order valence-corrected chi connectivity index (χ1v) is 5.62. The molecule has 1 aromatic rings. The summed E-state index contributed by atoms with van der Waals surface area (Å²) in [4.78, 5) is 13.5. The normalized spacial score (nSPS) is 23.2. The van der Waals surface area contributed by atoms with Gasteiger partial charge in [-0.1, -0.05) is 0 Å². The Labute approximate surface area is 105 Å². The summed E-state index contributed by atoms with van der Waals surface area (Å²) in [6.45, 7) is 0.263. The van der Waals surface area contributed by atoms with E-state index in [9.17, 15) is 15.0 Å². The predicted molar refractivity (Wildman–Crippen MR) is 65.3 cm³/mol. The Hall–Kier alpha value is -1.79. The second-order valence-corrected chi connectivity index (χ2v) is 4.30. The maximum atomic E-state index is 12.1. The summed E-state index contributed by atoms with van der Waals surface area (Å²) in [6.07, 6.45) is -1.77. The van der Waals surface area contributed by atoms with Gasteiger partial charge in [-0.15, -0.1) is 0 Å². The van der Waals surface area contributed by atoms with E-state index in [2.05, 4.69) is 0 Å². The molecule has 4 N–H and O–H groups in total. The highest BCUT2D eigenvalue weighted by Gasteiger charge is 2.33. The number of hydrogen-bond donors (Lipinski definition) is 3. The van der Waals surface area contributed by atoms with Crippen molar-refractivity contribution in [2.45, 2.75) is 12.2 Å². The zero-order chi connectivity index (χ0) is 13.3. The lowest BCUT2D eigenvalue weighted by molar-refractivity contribution is 0.0572. The first-order chi connectivity index (χ1) is 8.52. The number of likely N-dealkylation sites (tertiary alicyclic amines) is 1. The summed E-state index contributed by atoms with van der Waals surface area (Å²) in [5.74, 6) is 0.171. The molecule has 1 aliphatic heterocycles. The number of nitrogens with two attached hydrogens (primary N) is 1. The molecule has 0 aromatic heterocycles. The maximum absolute atomic E-state index is 12.1.